The highest BCUT2D eigenvalue weighted by molar-refractivity contribution is 5.92. The number of anilines is 1. The van der Waals surface area contributed by atoms with Gasteiger partial charge in [-0.15, -0.1) is 0 Å². The van der Waals surface area contributed by atoms with Crippen molar-refractivity contribution >= 4 is 17.6 Å². The quantitative estimate of drug-likeness (QED) is 0.859. The SMILES string of the molecule is COc1cccc([C@@H]2CCCN2C(=O)Nc2ccccc2CC(=O)N(C)C)c1. The number of hydrogen-bond donors (Lipinski definition) is 1. The number of likely N-dealkylation sites (tertiary alicyclic amines) is 1. The Morgan fingerprint density at radius 3 is 2.71 bits per heavy atom. The van der Waals surface area contributed by atoms with Crippen LogP contribution in [0.4, 0.5) is 10.5 Å². The number of urea groups is 1. The van der Waals surface area contributed by atoms with Gasteiger partial charge in [-0.2, -0.15) is 0 Å². The molecule has 0 aliphatic carbocycles. The number of carbonyl (C=O) groups is 2. The van der Waals surface area contributed by atoms with E-state index in [2.05, 4.69) is 5.32 Å². The first-order valence-electron chi connectivity index (χ1n) is 9.49. The lowest BCUT2D eigenvalue weighted by atomic mass is 10.0. The molecule has 2 aromatic rings. The Morgan fingerprint density at radius 1 is 1.18 bits per heavy atom. The Kier molecular flexibility index (Phi) is 6.19. The summed E-state index contributed by atoms with van der Waals surface area (Å²) in [5, 5.41) is 3.01. The molecule has 1 saturated heterocycles. The Morgan fingerprint density at radius 2 is 1.96 bits per heavy atom. The van der Waals surface area contributed by atoms with E-state index in [1.54, 1.807) is 26.1 Å². The third kappa shape index (κ3) is 4.44. The summed E-state index contributed by atoms with van der Waals surface area (Å²) < 4.78 is 5.32. The molecule has 0 saturated carbocycles. The second-order valence-corrected chi connectivity index (χ2v) is 7.18. The molecule has 0 aromatic heterocycles. The minimum atomic E-state index is -0.143. The Labute approximate surface area is 166 Å². The van der Waals surface area contributed by atoms with Crippen molar-refractivity contribution in [1.82, 2.24) is 9.80 Å². The molecule has 148 valence electrons. The lowest BCUT2D eigenvalue weighted by Crippen LogP contribution is -2.35. The fourth-order valence-electron chi connectivity index (χ4n) is 3.51. The summed E-state index contributed by atoms with van der Waals surface area (Å²) in [4.78, 5) is 28.5. The number of benzene rings is 2. The van der Waals surface area contributed by atoms with Gasteiger partial charge in [-0.25, -0.2) is 4.79 Å². The standard InChI is InChI=1S/C22H27N3O3/c1-24(2)21(26)15-16-8-4-5-11-19(16)23-22(27)25-13-7-12-20(25)17-9-6-10-18(14-17)28-3/h4-6,8-11,14,20H,7,12-13,15H2,1-3H3,(H,23,27)/t20-/m0/s1. The highest BCUT2D eigenvalue weighted by Crippen LogP contribution is 2.34. The maximum absolute atomic E-state index is 13.0. The molecular weight excluding hydrogens is 354 g/mol. The molecule has 1 N–H and O–H groups in total. The number of methoxy groups -OCH3 is 1. The van der Waals surface area contributed by atoms with Crippen molar-refractivity contribution in [2.24, 2.45) is 0 Å². The van der Waals surface area contributed by atoms with Crippen molar-refractivity contribution < 1.29 is 14.3 Å². The van der Waals surface area contributed by atoms with Crippen LogP contribution in [0.3, 0.4) is 0 Å². The molecule has 1 atom stereocenters. The third-order valence-corrected chi connectivity index (χ3v) is 5.09. The van der Waals surface area contributed by atoms with Gasteiger partial charge >= 0.3 is 6.03 Å². The first-order valence-corrected chi connectivity index (χ1v) is 9.49. The molecule has 0 spiro atoms. The van der Waals surface area contributed by atoms with E-state index < -0.39 is 0 Å². The first kappa shape index (κ1) is 19.7. The molecular formula is C22H27N3O3. The Hall–Kier alpha value is -3.02. The molecule has 1 heterocycles. The zero-order valence-electron chi connectivity index (χ0n) is 16.6. The number of amides is 3. The highest BCUT2D eigenvalue weighted by Gasteiger charge is 2.30. The number of hydrogen-bond acceptors (Lipinski definition) is 3. The maximum Gasteiger partial charge on any atom is 0.322 e. The second-order valence-electron chi connectivity index (χ2n) is 7.18. The van der Waals surface area contributed by atoms with Gasteiger partial charge in [0.2, 0.25) is 5.91 Å². The highest BCUT2D eigenvalue weighted by atomic mass is 16.5. The lowest BCUT2D eigenvalue weighted by Gasteiger charge is -2.26. The Balaban J connectivity index is 1.76. The monoisotopic (exact) mass is 381 g/mol. The normalized spacial score (nSPS) is 16.0. The summed E-state index contributed by atoms with van der Waals surface area (Å²) in [5.74, 6) is 0.787. The lowest BCUT2D eigenvalue weighted by molar-refractivity contribution is -0.127. The number of rotatable bonds is 5. The summed E-state index contributed by atoms with van der Waals surface area (Å²) in [6, 6.07) is 15.2. The maximum atomic E-state index is 13.0. The van der Waals surface area contributed by atoms with Gasteiger partial charge in [-0.05, 0) is 42.2 Å². The van der Waals surface area contributed by atoms with Gasteiger partial charge in [0.05, 0.1) is 19.6 Å². The smallest absolute Gasteiger partial charge is 0.322 e. The van der Waals surface area contributed by atoms with E-state index in [4.69, 9.17) is 4.74 Å². The molecule has 2 aromatic carbocycles. The van der Waals surface area contributed by atoms with Gasteiger partial charge in [0.25, 0.3) is 0 Å². The zero-order valence-corrected chi connectivity index (χ0v) is 16.6. The van der Waals surface area contributed by atoms with E-state index in [-0.39, 0.29) is 24.4 Å². The fourth-order valence-corrected chi connectivity index (χ4v) is 3.51. The van der Waals surface area contributed by atoms with Crippen LogP contribution in [-0.2, 0) is 11.2 Å². The summed E-state index contributed by atoms with van der Waals surface area (Å²) in [6.07, 6.45) is 2.13. The average Bonchev–Trinajstić information content (AvgIpc) is 3.19. The van der Waals surface area contributed by atoms with Gasteiger partial charge in [0, 0.05) is 26.3 Å². The van der Waals surface area contributed by atoms with E-state index in [0.29, 0.717) is 12.2 Å². The van der Waals surface area contributed by atoms with E-state index in [1.165, 1.54) is 0 Å². The molecule has 1 fully saturated rings. The summed E-state index contributed by atoms with van der Waals surface area (Å²) in [6.45, 7) is 0.701. The van der Waals surface area contributed by atoms with Crippen LogP contribution < -0.4 is 10.1 Å². The number of para-hydroxylation sites is 1. The van der Waals surface area contributed by atoms with Gasteiger partial charge in [0.15, 0.2) is 0 Å². The molecule has 1 aliphatic rings. The summed E-state index contributed by atoms with van der Waals surface area (Å²) >= 11 is 0. The topological polar surface area (TPSA) is 61.9 Å². The van der Waals surface area contributed by atoms with E-state index in [9.17, 15) is 9.59 Å². The predicted molar refractivity (Wildman–Crippen MR) is 110 cm³/mol. The van der Waals surface area contributed by atoms with Gasteiger partial charge in [-0.1, -0.05) is 30.3 Å². The van der Waals surface area contributed by atoms with Crippen molar-refractivity contribution in [3.05, 3.63) is 59.7 Å². The van der Waals surface area contributed by atoms with Crippen LogP contribution in [0.1, 0.15) is 30.0 Å². The zero-order chi connectivity index (χ0) is 20.1. The molecule has 0 bridgehead atoms. The number of nitrogens with one attached hydrogen (secondary N) is 1. The van der Waals surface area contributed by atoms with Crippen molar-refractivity contribution in [2.45, 2.75) is 25.3 Å². The molecule has 1 aliphatic heterocycles. The van der Waals surface area contributed by atoms with E-state index in [1.807, 2.05) is 53.4 Å². The Bertz CT molecular complexity index is 850. The number of carbonyl (C=O) groups excluding carboxylic acids is 2. The van der Waals surface area contributed by atoms with Gasteiger partial charge in [-0.3, -0.25) is 4.79 Å². The molecule has 28 heavy (non-hydrogen) atoms. The van der Waals surface area contributed by atoms with Crippen LogP contribution in [0.25, 0.3) is 0 Å². The van der Waals surface area contributed by atoms with Crippen LogP contribution in [0.2, 0.25) is 0 Å². The number of likely N-dealkylation sites (N-methyl/N-ethyl adjacent to an activating group) is 1. The molecule has 6 heteroatoms. The van der Waals surface area contributed by atoms with Crippen molar-refractivity contribution in [3.8, 4) is 5.75 Å². The minimum Gasteiger partial charge on any atom is -0.497 e. The van der Waals surface area contributed by atoms with Gasteiger partial charge in [0.1, 0.15) is 5.75 Å². The van der Waals surface area contributed by atoms with E-state index in [0.717, 1.165) is 29.7 Å². The van der Waals surface area contributed by atoms with Crippen LogP contribution in [0.5, 0.6) is 5.75 Å². The third-order valence-electron chi connectivity index (χ3n) is 5.09. The van der Waals surface area contributed by atoms with Crippen molar-refractivity contribution in [3.63, 3.8) is 0 Å². The van der Waals surface area contributed by atoms with Crippen molar-refractivity contribution in [1.29, 1.82) is 0 Å². The summed E-state index contributed by atoms with van der Waals surface area (Å²) in [5.41, 5.74) is 2.56. The summed E-state index contributed by atoms with van der Waals surface area (Å²) in [7, 11) is 5.10. The molecule has 3 amide bonds. The second kappa shape index (κ2) is 8.78. The van der Waals surface area contributed by atoms with Crippen LogP contribution >= 0.6 is 0 Å². The van der Waals surface area contributed by atoms with Crippen LogP contribution in [0, 0.1) is 0 Å². The predicted octanol–water partition coefficient (Wildman–Crippen LogP) is 3.69. The molecule has 0 radical (unpaired) electrons. The minimum absolute atomic E-state index is 0.00266. The van der Waals surface area contributed by atoms with Crippen LogP contribution in [-0.4, -0.2) is 49.5 Å². The average molecular weight is 381 g/mol. The molecule has 3 rings (SSSR count). The van der Waals surface area contributed by atoms with E-state index >= 15 is 0 Å². The number of nitrogens with zero attached hydrogens (tertiary/aromatic N) is 2. The largest absolute Gasteiger partial charge is 0.497 e. The molecule has 6 nitrogen and oxygen atoms in total. The number of ether oxygens (including phenoxy) is 1. The fraction of sp³-hybridized carbons (Fsp3) is 0.364. The van der Waals surface area contributed by atoms with Crippen molar-refractivity contribution in [2.75, 3.05) is 33.1 Å². The first-order chi connectivity index (χ1) is 13.5. The van der Waals surface area contributed by atoms with Gasteiger partial charge < -0.3 is 19.9 Å². The van der Waals surface area contributed by atoms with Crippen LogP contribution in [0.15, 0.2) is 48.5 Å². The molecule has 0 unspecified atom stereocenters.